The fourth-order valence-corrected chi connectivity index (χ4v) is 5.21. The van der Waals surface area contributed by atoms with E-state index in [1.165, 1.54) is 23.5 Å². The number of benzene rings is 1. The summed E-state index contributed by atoms with van der Waals surface area (Å²) in [7, 11) is -4.64. The first kappa shape index (κ1) is 20.6. The number of fused-ring (bicyclic) bond motifs is 3. The number of amides is 1. The number of aryl methyl sites for hydroxylation is 2. The molecule has 11 heteroatoms. The second kappa shape index (κ2) is 7.88. The van der Waals surface area contributed by atoms with Gasteiger partial charge in [0, 0.05) is 11.9 Å². The van der Waals surface area contributed by atoms with Crippen LogP contribution in [0.2, 0.25) is 0 Å². The molecule has 1 aliphatic rings. The van der Waals surface area contributed by atoms with E-state index in [1.807, 2.05) is 0 Å². The number of rotatable bonds is 5. The van der Waals surface area contributed by atoms with Crippen molar-refractivity contribution in [3.63, 3.8) is 0 Å². The van der Waals surface area contributed by atoms with Crippen LogP contribution in [0.3, 0.4) is 0 Å². The minimum absolute atomic E-state index is 0.0886. The summed E-state index contributed by atoms with van der Waals surface area (Å²) in [5.74, 6) is -3.86. The zero-order valence-corrected chi connectivity index (χ0v) is 17.3. The number of alkyl halides is 2. The van der Waals surface area contributed by atoms with Crippen LogP contribution >= 0.6 is 11.3 Å². The smallest absolute Gasteiger partial charge is 0.341 e. The van der Waals surface area contributed by atoms with Gasteiger partial charge in [-0.15, -0.1) is 16.4 Å². The molecule has 0 unspecified atom stereocenters. The lowest BCUT2D eigenvalue weighted by molar-refractivity contribution is 0.0956. The molecule has 3 N–H and O–H groups in total. The number of thiophene rings is 1. The molecule has 0 fully saturated rings. The first-order valence-corrected chi connectivity index (χ1v) is 11.6. The Balaban J connectivity index is 1.52. The van der Waals surface area contributed by atoms with Crippen LogP contribution in [0.25, 0.3) is 10.2 Å². The third-order valence-corrected chi connectivity index (χ3v) is 7.56. The van der Waals surface area contributed by atoms with E-state index >= 15 is 0 Å². The Kier molecular flexibility index (Phi) is 5.41. The number of nitrogen functional groups attached to an aromatic ring is 1. The first-order valence-electron chi connectivity index (χ1n) is 9.24. The highest BCUT2D eigenvalue weighted by atomic mass is 32.2. The molecule has 3 aromatic rings. The number of hydrogen-bond donors (Lipinski definition) is 2. The maximum absolute atomic E-state index is 12.7. The number of hydrogen-bond acceptors (Lipinski definition) is 7. The zero-order chi connectivity index (χ0) is 21.5. The van der Waals surface area contributed by atoms with Crippen LogP contribution in [0.5, 0.6) is 0 Å². The lowest BCUT2D eigenvalue weighted by Gasteiger charge is -2.14. The molecule has 1 amide bonds. The van der Waals surface area contributed by atoms with Gasteiger partial charge in [-0.1, -0.05) is 12.1 Å². The molecule has 1 aliphatic carbocycles. The Bertz CT molecular complexity index is 1220. The molecular formula is C19H18F2N4O3S2. The number of sulfone groups is 1. The summed E-state index contributed by atoms with van der Waals surface area (Å²) in [5, 5.41) is 12.0. The summed E-state index contributed by atoms with van der Waals surface area (Å²) < 4.78 is 48.2. The third kappa shape index (κ3) is 3.63. The minimum Gasteiger partial charge on any atom is -0.397 e. The van der Waals surface area contributed by atoms with E-state index in [9.17, 15) is 22.0 Å². The van der Waals surface area contributed by atoms with Crippen LogP contribution in [0.15, 0.2) is 29.2 Å². The van der Waals surface area contributed by atoms with Crippen LogP contribution in [0, 0.1) is 0 Å². The van der Waals surface area contributed by atoms with Gasteiger partial charge in [-0.2, -0.15) is 13.9 Å². The molecule has 2 heterocycles. The number of aromatic nitrogens is 2. The Morgan fingerprint density at radius 2 is 1.87 bits per heavy atom. The van der Waals surface area contributed by atoms with Gasteiger partial charge in [0.05, 0.1) is 16.3 Å². The topological polar surface area (TPSA) is 115 Å². The molecule has 0 aliphatic heterocycles. The highest BCUT2D eigenvalue weighted by Gasteiger charge is 2.26. The van der Waals surface area contributed by atoms with Crippen LogP contribution in [-0.2, 0) is 29.2 Å². The first-order chi connectivity index (χ1) is 14.3. The second-order valence-corrected chi connectivity index (χ2v) is 9.91. The van der Waals surface area contributed by atoms with E-state index in [0.29, 0.717) is 21.0 Å². The average molecular weight is 453 g/mol. The maximum atomic E-state index is 12.7. The van der Waals surface area contributed by atoms with Crippen molar-refractivity contribution in [2.75, 3.05) is 5.73 Å². The van der Waals surface area contributed by atoms with Crippen molar-refractivity contribution >= 4 is 43.0 Å². The molecule has 30 heavy (non-hydrogen) atoms. The number of carbonyl (C=O) groups is 1. The molecular weight excluding hydrogens is 434 g/mol. The number of anilines is 1. The van der Waals surface area contributed by atoms with E-state index in [1.54, 1.807) is 0 Å². The van der Waals surface area contributed by atoms with Crippen LogP contribution in [-0.4, -0.2) is 30.3 Å². The van der Waals surface area contributed by atoms with Crippen molar-refractivity contribution in [2.45, 2.75) is 42.9 Å². The van der Waals surface area contributed by atoms with E-state index in [-0.39, 0.29) is 12.5 Å². The molecule has 0 spiro atoms. The predicted octanol–water partition coefficient (Wildman–Crippen LogP) is 3.08. The van der Waals surface area contributed by atoms with Crippen LogP contribution in [0.4, 0.5) is 14.5 Å². The molecule has 0 radical (unpaired) electrons. The molecule has 1 aromatic carbocycles. The summed E-state index contributed by atoms with van der Waals surface area (Å²) in [6.07, 6.45) is 3.81. The van der Waals surface area contributed by atoms with Crippen molar-refractivity contribution in [1.29, 1.82) is 0 Å². The van der Waals surface area contributed by atoms with Crippen LogP contribution < -0.4 is 11.1 Å². The Hall–Kier alpha value is -2.66. The van der Waals surface area contributed by atoms with Gasteiger partial charge in [0.15, 0.2) is 0 Å². The molecule has 0 saturated heterocycles. The summed E-state index contributed by atoms with van der Waals surface area (Å²) >= 11 is 1.18. The molecule has 158 valence electrons. The number of nitrogens with one attached hydrogen (secondary N) is 1. The highest BCUT2D eigenvalue weighted by molar-refractivity contribution is 7.91. The van der Waals surface area contributed by atoms with E-state index in [4.69, 9.17) is 5.73 Å². The molecule has 4 rings (SSSR count). The van der Waals surface area contributed by atoms with Crippen molar-refractivity contribution in [3.05, 3.63) is 46.0 Å². The van der Waals surface area contributed by atoms with Gasteiger partial charge in [0.2, 0.25) is 9.84 Å². The monoisotopic (exact) mass is 452 g/mol. The average Bonchev–Trinajstić information content (AvgIpc) is 3.09. The second-order valence-electron chi connectivity index (χ2n) is 6.99. The van der Waals surface area contributed by atoms with Crippen molar-refractivity contribution < 1.29 is 22.0 Å². The van der Waals surface area contributed by atoms with Crippen molar-refractivity contribution in [2.24, 2.45) is 0 Å². The number of nitrogens with two attached hydrogens (primary N) is 1. The fourth-order valence-electron chi connectivity index (χ4n) is 3.50. The Morgan fingerprint density at radius 1 is 1.17 bits per heavy atom. The molecule has 2 aromatic heterocycles. The number of halogens is 2. The fraction of sp³-hybridized carbons (Fsp3) is 0.316. The maximum Gasteiger partial charge on any atom is 0.341 e. The number of nitrogens with zero attached hydrogens (tertiary/aromatic N) is 2. The van der Waals surface area contributed by atoms with Gasteiger partial charge in [-0.25, -0.2) is 8.42 Å². The van der Waals surface area contributed by atoms with Gasteiger partial charge in [0.1, 0.15) is 9.71 Å². The van der Waals surface area contributed by atoms with E-state index in [0.717, 1.165) is 54.5 Å². The van der Waals surface area contributed by atoms with Gasteiger partial charge < -0.3 is 11.1 Å². The number of carbonyl (C=O) groups excluding carboxylic acids is 1. The van der Waals surface area contributed by atoms with E-state index in [2.05, 4.69) is 15.5 Å². The summed E-state index contributed by atoms with van der Waals surface area (Å²) in [5.41, 5.74) is 9.22. The molecule has 0 saturated carbocycles. The zero-order valence-electron chi connectivity index (χ0n) is 15.7. The highest BCUT2D eigenvalue weighted by Crippen LogP contribution is 2.37. The predicted molar refractivity (Wildman–Crippen MR) is 109 cm³/mol. The van der Waals surface area contributed by atoms with Crippen molar-refractivity contribution in [3.8, 4) is 0 Å². The third-order valence-electron chi connectivity index (χ3n) is 5.07. The normalized spacial score (nSPS) is 14.1. The van der Waals surface area contributed by atoms with E-state index < -0.39 is 20.5 Å². The molecule has 0 bridgehead atoms. The van der Waals surface area contributed by atoms with Gasteiger partial charge >= 0.3 is 5.76 Å². The Labute approximate surface area is 175 Å². The minimum atomic E-state index is -4.64. The SMILES string of the molecule is Nc1c(C(=O)NCc2ccc(S(=O)(=O)C(F)F)cc2)sc2nnc3c(c12)CCCC3. The quantitative estimate of drug-likeness (QED) is 0.615. The summed E-state index contributed by atoms with van der Waals surface area (Å²) in [6, 6.07) is 4.95. The van der Waals surface area contributed by atoms with Crippen LogP contribution in [0.1, 0.15) is 39.3 Å². The van der Waals surface area contributed by atoms with Crippen molar-refractivity contribution in [1.82, 2.24) is 15.5 Å². The summed E-state index contributed by atoms with van der Waals surface area (Å²) in [4.78, 5) is 13.2. The molecule has 0 atom stereocenters. The van der Waals surface area contributed by atoms with Gasteiger partial charge in [-0.05, 0) is 48.9 Å². The lowest BCUT2D eigenvalue weighted by atomic mass is 9.94. The van der Waals surface area contributed by atoms with Gasteiger partial charge in [-0.3, -0.25) is 4.79 Å². The molecule has 7 nitrogen and oxygen atoms in total. The Morgan fingerprint density at radius 3 is 2.57 bits per heavy atom. The largest absolute Gasteiger partial charge is 0.397 e. The lowest BCUT2D eigenvalue weighted by Crippen LogP contribution is -2.22. The standard InChI is InChI=1S/C19H18F2N4O3S2/c20-19(21)30(27,28)11-7-5-10(6-8-11)9-23-17(26)16-15(22)14-12-3-1-2-4-13(12)24-25-18(14)29-16/h5-8,19H,1-4,9,22H2,(H,23,26). The summed E-state index contributed by atoms with van der Waals surface area (Å²) in [6.45, 7) is 0.0886. The van der Waals surface area contributed by atoms with Gasteiger partial charge in [0.25, 0.3) is 5.91 Å².